The van der Waals surface area contributed by atoms with Gasteiger partial charge in [-0.1, -0.05) is 12.1 Å². The molecule has 0 saturated carbocycles. The van der Waals surface area contributed by atoms with E-state index in [1.807, 2.05) is 41.1 Å². The van der Waals surface area contributed by atoms with Gasteiger partial charge in [0.05, 0.1) is 15.8 Å². The molecule has 2 heterocycles. The number of para-hydroxylation sites is 1. The third kappa shape index (κ3) is 3.52. The van der Waals surface area contributed by atoms with Gasteiger partial charge in [-0.05, 0) is 41.4 Å². The van der Waals surface area contributed by atoms with Crippen LogP contribution in [0, 0.1) is 0 Å². The van der Waals surface area contributed by atoms with Crippen molar-refractivity contribution in [3.8, 4) is 0 Å². The Morgan fingerprint density at radius 3 is 2.91 bits per heavy atom. The molecule has 114 valence electrons. The largest absolute Gasteiger partial charge is 0.388 e. The Labute approximate surface area is 136 Å². The highest BCUT2D eigenvalue weighted by atomic mass is 32.1. The number of fused-ring (bicyclic) bond motifs is 1. The van der Waals surface area contributed by atoms with Crippen LogP contribution in [0.15, 0.2) is 41.1 Å². The van der Waals surface area contributed by atoms with E-state index in [9.17, 15) is 9.90 Å². The summed E-state index contributed by atoms with van der Waals surface area (Å²) < 4.78 is 0.984. The Hall–Kier alpha value is -1.76. The fraction of sp³-hybridized carbons (Fsp3) is 0.250. The number of carbonyl (C=O) groups excluding carboxylic acids is 1. The Bertz CT molecular complexity index is 745. The molecule has 0 aliphatic carbocycles. The van der Waals surface area contributed by atoms with Crippen LogP contribution in [0.4, 0.5) is 0 Å². The maximum absolute atomic E-state index is 12.2. The second-order valence-corrected chi connectivity index (χ2v) is 7.29. The number of nitrogens with one attached hydrogen (secondary N) is 1. The molecular weight excluding hydrogens is 316 g/mol. The molecule has 3 aromatic rings. The lowest BCUT2D eigenvalue weighted by Crippen LogP contribution is -2.42. The number of benzene rings is 1. The normalized spacial score (nSPS) is 13.9. The van der Waals surface area contributed by atoms with Crippen molar-refractivity contribution in [3.05, 3.63) is 51.7 Å². The minimum atomic E-state index is -0.979. The average molecular weight is 332 g/mol. The summed E-state index contributed by atoms with van der Waals surface area (Å²) in [5, 5.41) is 17.6. The first kappa shape index (κ1) is 15.1. The fourth-order valence-electron chi connectivity index (χ4n) is 2.21. The number of nitrogens with zero attached hydrogens (tertiary/aromatic N) is 1. The summed E-state index contributed by atoms with van der Waals surface area (Å²) in [5.74, 6) is -0.244. The van der Waals surface area contributed by atoms with Crippen LogP contribution in [-0.2, 0) is 6.42 Å². The molecule has 0 radical (unpaired) electrons. The molecule has 0 aliphatic heterocycles. The molecule has 0 saturated heterocycles. The maximum atomic E-state index is 12.2. The average Bonchev–Trinajstić information content (AvgIpc) is 3.13. The van der Waals surface area contributed by atoms with Crippen molar-refractivity contribution in [1.82, 2.24) is 10.3 Å². The Morgan fingerprint density at radius 2 is 2.18 bits per heavy atom. The zero-order valence-corrected chi connectivity index (χ0v) is 13.7. The highest BCUT2D eigenvalue weighted by molar-refractivity contribution is 7.20. The quantitative estimate of drug-likeness (QED) is 0.755. The van der Waals surface area contributed by atoms with Crippen molar-refractivity contribution in [2.75, 3.05) is 6.54 Å². The lowest BCUT2D eigenvalue weighted by atomic mass is 9.98. The Morgan fingerprint density at radius 1 is 1.36 bits per heavy atom. The molecule has 0 fully saturated rings. The zero-order chi connectivity index (χ0) is 15.6. The number of aliphatic hydroxyl groups is 1. The number of thiazole rings is 1. The number of amides is 1. The Kier molecular flexibility index (Phi) is 4.24. The van der Waals surface area contributed by atoms with Crippen LogP contribution in [-0.4, -0.2) is 28.1 Å². The molecule has 1 aromatic carbocycles. The van der Waals surface area contributed by atoms with Gasteiger partial charge in [0, 0.05) is 13.0 Å². The van der Waals surface area contributed by atoms with Gasteiger partial charge in [0.15, 0.2) is 5.01 Å². The summed E-state index contributed by atoms with van der Waals surface area (Å²) in [6.45, 7) is 1.92. The van der Waals surface area contributed by atoms with Crippen LogP contribution in [0.5, 0.6) is 0 Å². The second kappa shape index (κ2) is 6.16. The monoisotopic (exact) mass is 332 g/mol. The summed E-state index contributed by atoms with van der Waals surface area (Å²) in [6.07, 6.45) is 0.511. The summed E-state index contributed by atoms with van der Waals surface area (Å²) >= 11 is 2.96. The predicted octanol–water partition coefficient (Wildman–Crippen LogP) is 3.08. The highest BCUT2D eigenvalue weighted by Gasteiger charge is 2.23. The summed E-state index contributed by atoms with van der Waals surface area (Å²) in [4.78, 5) is 16.5. The zero-order valence-electron chi connectivity index (χ0n) is 12.1. The smallest absolute Gasteiger partial charge is 0.280 e. The van der Waals surface area contributed by atoms with Gasteiger partial charge in [-0.25, -0.2) is 4.98 Å². The van der Waals surface area contributed by atoms with Crippen LogP contribution >= 0.6 is 22.7 Å². The lowest BCUT2D eigenvalue weighted by Gasteiger charge is -2.22. The minimum Gasteiger partial charge on any atom is -0.388 e. The van der Waals surface area contributed by atoms with Gasteiger partial charge in [0.25, 0.3) is 5.91 Å². The summed E-state index contributed by atoms with van der Waals surface area (Å²) in [7, 11) is 0. The van der Waals surface area contributed by atoms with Crippen molar-refractivity contribution in [2.24, 2.45) is 0 Å². The van der Waals surface area contributed by atoms with Crippen LogP contribution in [0.3, 0.4) is 0 Å². The molecule has 0 aliphatic rings. The predicted molar refractivity (Wildman–Crippen MR) is 90.6 cm³/mol. The van der Waals surface area contributed by atoms with Gasteiger partial charge < -0.3 is 10.4 Å². The molecule has 22 heavy (non-hydrogen) atoms. The second-order valence-electron chi connectivity index (χ2n) is 5.47. The van der Waals surface area contributed by atoms with Gasteiger partial charge in [-0.3, -0.25) is 4.79 Å². The van der Waals surface area contributed by atoms with Gasteiger partial charge in [-0.15, -0.1) is 11.3 Å². The molecule has 2 N–H and O–H groups in total. The van der Waals surface area contributed by atoms with Gasteiger partial charge in [0.1, 0.15) is 0 Å². The highest BCUT2D eigenvalue weighted by Crippen LogP contribution is 2.21. The maximum Gasteiger partial charge on any atom is 0.280 e. The van der Waals surface area contributed by atoms with E-state index in [0.29, 0.717) is 11.4 Å². The van der Waals surface area contributed by atoms with Crippen LogP contribution in [0.25, 0.3) is 10.2 Å². The molecule has 1 unspecified atom stereocenters. The number of hydrogen-bond acceptors (Lipinski definition) is 5. The first-order valence-corrected chi connectivity index (χ1v) is 8.67. The van der Waals surface area contributed by atoms with E-state index in [2.05, 4.69) is 10.3 Å². The van der Waals surface area contributed by atoms with E-state index >= 15 is 0 Å². The molecule has 1 amide bonds. The van der Waals surface area contributed by atoms with Crippen LogP contribution < -0.4 is 5.32 Å². The van der Waals surface area contributed by atoms with Gasteiger partial charge in [-0.2, -0.15) is 11.3 Å². The molecule has 1 atom stereocenters. The van der Waals surface area contributed by atoms with Crippen LogP contribution in [0.2, 0.25) is 0 Å². The van der Waals surface area contributed by atoms with Crippen molar-refractivity contribution < 1.29 is 9.90 Å². The number of carbonyl (C=O) groups is 1. The van der Waals surface area contributed by atoms with Gasteiger partial charge >= 0.3 is 0 Å². The SMILES string of the molecule is CC(O)(CNC(=O)c1nc2ccccc2s1)Cc1ccsc1. The van der Waals surface area contributed by atoms with E-state index in [-0.39, 0.29) is 12.5 Å². The number of thiophene rings is 1. The number of rotatable bonds is 5. The van der Waals surface area contributed by atoms with Crippen molar-refractivity contribution in [1.29, 1.82) is 0 Å². The van der Waals surface area contributed by atoms with Crippen LogP contribution in [0.1, 0.15) is 22.3 Å². The first-order valence-electron chi connectivity index (χ1n) is 6.91. The molecule has 6 heteroatoms. The van der Waals surface area contributed by atoms with E-state index in [4.69, 9.17) is 0 Å². The molecule has 4 nitrogen and oxygen atoms in total. The van der Waals surface area contributed by atoms with Crippen molar-refractivity contribution in [3.63, 3.8) is 0 Å². The van der Waals surface area contributed by atoms with E-state index in [1.54, 1.807) is 18.3 Å². The standard InChI is InChI=1S/C16H16N2O2S2/c1-16(20,8-11-6-7-21-9-11)10-17-14(19)15-18-12-4-2-3-5-13(12)22-15/h2-7,9,20H,8,10H2,1H3,(H,17,19). The number of aromatic nitrogens is 1. The minimum absolute atomic E-state index is 0.192. The van der Waals surface area contributed by atoms with E-state index in [0.717, 1.165) is 15.8 Å². The summed E-state index contributed by atoms with van der Waals surface area (Å²) in [6, 6.07) is 9.63. The van der Waals surface area contributed by atoms with E-state index in [1.165, 1.54) is 11.3 Å². The fourth-order valence-corrected chi connectivity index (χ4v) is 3.76. The van der Waals surface area contributed by atoms with Gasteiger partial charge in [0.2, 0.25) is 0 Å². The van der Waals surface area contributed by atoms with Crippen molar-refractivity contribution >= 4 is 38.8 Å². The molecule has 0 spiro atoms. The molecule has 0 bridgehead atoms. The van der Waals surface area contributed by atoms with E-state index < -0.39 is 5.60 Å². The van der Waals surface area contributed by atoms with Crippen molar-refractivity contribution in [2.45, 2.75) is 18.9 Å². The third-order valence-electron chi connectivity index (χ3n) is 3.28. The number of hydrogen-bond donors (Lipinski definition) is 2. The third-order valence-corrected chi connectivity index (χ3v) is 5.05. The molecule has 2 aromatic heterocycles. The lowest BCUT2D eigenvalue weighted by molar-refractivity contribution is 0.0553. The molecular formula is C16H16N2O2S2. The topological polar surface area (TPSA) is 62.2 Å². The summed E-state index contributed by atoms with van der Waals surface area (Å²) in [5.41, 5.74) is 0.917. The molecule has 3 rings (SSSR count). The Balaban J connectivity index is 1.64. The first-order chi connectivity index (χ1) is 10.5.